The van der Waals surface area contributed by atoms with Crippen LogP contribution in [0.2, 0.25) is 10.0 Å². The van der Waals surface area contributed by atoms with Crippen molar-refractivity contribution in [3.63, 3.8) is 0 Å². The zero-order chi connectivity index (χ0) is 22.8. The standard InChI is InChI=1S/C23H17Cl2N3O4/c1-32-22-16(24)9-15(10-17(22)25)20(29)18-19(14-4-7-26-8-5-14)28(23(31)21(18)30)12-13-3-2-6-27-11-13/h2-11,19,29H,12H2,1H3/b20-18+. The SMILES string of the molecule is COc1c(Cl)cc(/C(O)=C2\C(=O)C(=O)N(Cc3cccnc3)C2c2ccncc2)cc1Cl. The van der Waals surface area contributed by atoms with Crippen LogP contribution in [0.5, 0.6) is 5.75 Å². The summed E-state index contributed by atoms with van der Waals surface area (Å²) in [4.78, 5) is 35.5. The normalized spacial score (nSPS) is 17.6. The maximum absolute atomic E-state index is 13.1. The Hall–Kier alpha value is -3.42. The van der Waals surface area contributed by atoms with Gasteiger partial charge in [-0.15, -0.1) is 0 Å². The van der Waals surface area contributed by atoms with Crippen molar-refractivity contribution in [2.45, 2.75) is 12.6 Å². The summed E-state index contributed by atoms with van der Waals surface area (Å²) >= 11 is 12.4. The Bertz CT molecular complexity index is 1190. The number of nitrogens with zero attached hydrogens (tertiary/aromatic N) is 3. The van der Waals surface area contributed by atoms with Gasteiger partial charge >= 0.3 is 0 Å². The van der Waals surface area contributed by atoms with Crippen molar-refractivity contribution < 1.29 is 19.4 Å². The predicted molar refractivity (Wildman–Crippen MR) is 119 cm³/mol. The van der Waals surface area contributed by atoms with Gasteiger partial charge in [0.2, 0.25) is 0 Å². The molecule has 1 saturated heterocycles. The number of likely N-dealkylation sites (tertiary alicyclic amines) is 1. The van der Waals surface area contributed by atoms with Crippen LogP contribution in [-0.2, 0) is 16.1 Å². The fraction of sp³-hybridized carbons (Fsp3) is 0.130. The van der Waals surface area contributed by atoms with E-state index in [1.165, 1.54) is 24.1 Å². The first kappa shape index (κ1) is 21.8. The topological polar surface area (TPSA) is 92.6 Å². The van der Waals surface area contributed by atoms with Crippen LogP contribution >= 0.6 is 23.2 Å². The third-order valence-electron chi connectivity index (χ3n) is 5.11. The number of rotatable bonds is 5. The number of hydrogen-bond donors (Lipinski definition) is 1. The Morgan fingerprint density at radius 3 is 2.38 bits per heavy atom. The minimum Gasteiger partial charge on any atom is -0.507 e. The average molecular weight is 470 g/mol. The maximum atomic E-state index is 13.1. The molecule has 4 rings (SSSR count). The molecule has 162 valence electrons. The first-order valence-corrected chi connectivity index (χ1v) is 10.3. The van der Waals surface area contributed by atoms with Gasteiger partial charge in [-0.05, 0) is 41.5 Å². The molecule has 2 aromatic heterocycles. The highest BCUT2D eigenvalue weighted by Gasteiger charge is 2.46. The second-order valence-corrected chi connectivity index (χ2v) is 7.86. The van der Waals surface area contributed by atoms with E-state index in [0.29, 0.717) is 5.56 Å². The molecule has 0 saturated carbocycles. The van der Waals surface area contributed by atoms with Gasteiger partial charge in [0.25, 0.3) is 11.7 Å². The summed E-state index contributed by atoms with van der Waals surface area (Å²) in [5, 5.41) is 11.4. The van der Waals surface area contributed by atoms with Crippen LogP contribution in [0.15, 0.2) is 66.8 Å². The molecule has 1 aliphatic rings. The highest BCUT2D eigenvalue weighted by Crippen LogP contribution is 2.42. The predicted octanol–water partition coefficient (Wildman–Crippen LogP) is 4.41. The monoisotopic (exact) mass is 469 g/mol. The number of aliphatic hydroxyl groups excluding tert-OH is 1. The Morgan fingerprint density at radius 1 is 1.09 bits per heavy atom. The number of ketones is 1. The Morgan fingerprint density at radius 2 is 1.78 bits per heavy atom. The first-order valence-electron chi connectivity index (χ1n) is 9.53. The van der Waals surface area contributed by atoms with Gasteiger partial charge in [-0.1, -0.05) is 29.3 Å². The summed E-state index contributed by atoms with van der Waals surface area (Å²) in [7, 11) is 1.42. The lowest BCUT2D eigenvalue weighted by atomic mass is 9.96. The molecule has 0 spiro atoms. The number of carbonyl (C=O) groups is 2. The van der Waals surface area contributed by atoms with Gasteiger partial charge in [-0.3, -0.25) is 19.6 Å². The lowest BCUT2D eigenvalue weighted by Crippen LogP contribution is -2.29. The summed E-state index contributed by atoms with van der Waals surface area (Å²) in [6.45, 7) is 0.131. The van der Waals surface area contributed by atoms with E-state index in [-0.39, 0.29) is 39.2 Å². The highest BCUT2D eigenvalue weighted by atomic mass is 35.5. The number of aliphatic hydroxyl groups is 1. The minimum absolute atomic E-state index is 0.0672. The van der Waals surface area contributed by atoms with Gasteiger partial charge in [0.05, 0.1) is 28.8 Å². The molecule has 1 N–H and O–H groups in total. The minimum atomic E-state index is -0.835. The van der Waals surface area contributed by atoms with Crippen molar-refractivity contribution in [1.29, 1.82) is 0 Å². The molecule has 1 atom stereocenters. The lowest BCUT2D eigenvalue weighted by Gasteiger charge is -2.25. The number of carbonyl (C=O) groups excluding carboxylic acids is 2. The number of benzene rings is 1. The summed E-state index contributed by atoms with van der Waals surface area (Å²) < 4.78 is 5.14. The molecule has 1 aliphatic heterocycles. The lowest BCUT2D eigenvalue weighted by molar-refractivity contribution is -0.140. The molecular weight excluding hydrogens is 453 g/mol. The van der Waals surface area contributed by atoms with Crippen molar-refractivity contribution in [2.75, 3.05) is 7.11 Å². The van der Waals surface area contributed by atoms with Crippen molar-refractivity contribution in [2.24, 2.45) is 0 Å². The third kappa shape index (κ3) is 3.92. The molecule has 1 amide bonds. The molecule has 7 nitrogen and oxygen atoms in total. The molecule has 0 bridgehead atoms. The Kier molecular flexibility index (Phi) is 6.12. The second-order valence-electron chi connectivity index (χ2n) is 7.04. The molecule has 0 radical (unpaired) electrons. The molecule has 1 unspecified atom stereocenters. The van der Waals surface area contributed by atoms with Crippen LogP contribution in [-0.4, -0.2) is 38.8 Å². The number of halogens is 2. The van der Waals surface area contributed by atoms with Crippen LogP contribution < -0.4 is 4.74 Å². The van der Waals surface area contributed by atoms with E-state index >= 15 is 0 Å². The quantitative estimate of drug-likeness (QED) is 0.337. The van der Waals surface area contributed by atoms with Crippen molar-refractivity contribution in [3.8, 4) is 5.75 Å². The molecule has 3 heterocycles. The molecule has 32 heavy (non-hydrogen) atoms. The summed E-state index contributed by atoms with van der Waals surface area (Å²) in [5.41, 5.74) is 1.49. The zero-order valence-electron chi connectivity index (χ0n) is 16.8. The maximum Gasteiger partial charge on any atom is 0.295 e. The fourth-order valence-corrected chi connectivity index (χ4v) is 4.31. The van der Waals surface area contributed by atoms with E-state index < -0.39 is 17.7 Å². The molecular formula is C23H17Cl2N3O4. The molecule has 1 aromatic carbocycles. The van der Waals surface area contributed by atoms with E-state index in [9.17, 15) is 14.7 Å². The molecule has 3 aromatic rings. The highest BCUT2D eigenvalue weighted by molar-refractivity contribution is 6.46. The Labute approximate surface area is 193 Å². The van der Waals surface area contributed by atoms with Crippen LogP contribution in [0, 0.1) is 0 Å². The van der Waals surface area contributed by atoms with Crippen LogP contribution in [0.1, 0.15) is 22.7 Å². The number of Topliss-reactive ketones (excluding diaryl/α,β-unsaturated/α-hetero) is 1. The van der Waals surface area contributed by atoms with E-state index in [1.54, 1.807) is 49.1 Å². The Balaban J connectivity index is 1.87. The van der Waals surface area contributed by atoms with Gasteiger partial charge in [0, 0.05) is 36.9 Å². The number of methoxy groups -OCH3 is 1. The van der Waals surface area contributed by atoms with Crippen molar-refractivity contribution >= 4 is 40.7 Å². The van der Waals surface area contributed by atoms with Crippen molar-refractivity contribution in [3.05, 3.63) is 93.5 Å². The third-order valence-corrected chi connectivity index (χ3v) is 5.67. The van der Waals surface area contributed by atoms with E-state index in [1.807, 2.05) is 0 Å². The van der Waals surface area contributed by atoms with E-state index in [0.717, 1.165) is 5.56 Å². The number of amides is 1. The average Bonchev–Trinajstić information content (AvgIpc) is 3.04. The van der Waals surface area contributed by atoms with Crippen LogP contribution in [0.25, 0.3) is 5.76 Å². The number of pyridine rings is 2. The van der Waals surface area contributed by atoms with Crippen molar-refractivity contribution in [1.82, 2.24) is 14.9 Å². The van der Waals surface area contributed by atoms with Crippen LogP contribution in [0.3, 0.4) is 0 Å². The number of ether oxygens (including phenoxy) is 1. The van der Waals surface area contributed by atoms with Gasteiger partial charge in [-0.25, -0.2) is 0 Å². The number of aromatic nitrogens is 2. The van der Waals surface area contributed by atoms with Gasteiger partial charge < -0.3 is 14.7 Å². The largest absolute Gasteiger partial charge is 0.507 e. The zero-order valence-corrected chi connectivity index (χ0v) is 18.3. The smallest absolute Gasteiger partial charge is 0.295 e. The van der Waals surface area contributed by atoms with Crippen LogP contribution in [0.4, 0.5) is 0 Å². The van der Waals surface area contributed by atoms with E-state index in [4.69, 9.17) is 27.9 Å². The first-order chi connectivity index (χ1) is 15.4. The summed E-state index contributed by atoms with van der Waals surface area (Å²) in [5.74, 6) is -1.68. The molecule has 9 heteroatoms. The second kappa shape index (κ2) is 8.98. The fourth-order valence-electron chi connectivity index (χ4n) is 3.67. The molecule has 1 fully saturated rings. The van der Waals surface area contributed by atoms with Gasteiger partial charge in [-0.2, -0.15) is 0 Å². The molecule has 0 aliphatic carbocycles. The van der Waals surface area contributed by atoms with Gasteiger partial charge in [0.15, 0.2) is 5.75 Å². The summed E-state index contributed by atoms with van der Waals surface area (Å²) in [6, 6.07) is 8.95. The number of hydrogen-bond acceptors (Lipinski definition) is 6. The summed E-state index contributed by atoms with van der Waals surface area (Å²) in [6.07, 6.45) is 6.35. The van der Waals surface area contributed by atoms with Gasteiger partial charge in [0.1, 0.15) is 5.76 Å². The van der Waals surface area contributed by atoms with E-state index in [2.05, 4.69) is 9.97 Å².